The van der Waals surface area contributed by atoms with Crippen molar-refractivity contribution in [1.29, 1.82) is 0 Å². The summed E-state index contributed by atoms with van der Waals surface area (Å²) in [6.07, 6.45) is 5.47. The summed E-state index contributed by atoms with van der Waals surface area (Å²) in [7, 11) is 0. The Hall–Kier alpha value is -1.40. The number of carbonyl (C=O) groups is 2. The lowest BCUT2D eigenvalue weighted by molar-refractivity contribution is -0.139. The molecule has 1 saturated carbocycles. The Morgan fingerprint density at radius 2 is 1.73 bits per heavy atom. The fourth-order valence-corrected chi connectivity index (χ4v) is 5.84. The lowest BCUT2D eigenvalue weighted by Crippen LogP contribution is -2.50. The van der Waals surface area contributed by atoms with Crippen LogP contribution in [0.3, 0.4) is 0 Å². The van der Waals surface area contributed by atoms with E-state index in [2.05, 4.69) is 5.32 Å². The Morgan fingerprint density at radius 3 is 2.39 bits per heavy atom. The molecule has 0 aliphatic heterocycles. The molecule has 1 unspecified atom stereocenters. The van der Waals surface area contributed by atoms with Crippen molar-refractivity contribution in [2.45, 2.75) is 63.4 Å². The molecule has 1 aliphatic carbocycles. The molecule has 1 aliphatic rings. The predicted octanol–water partition coefficient (Wildman–Crippen LogP) is 6.75. The first-order valence-electron chi connectivity index (χ1n) is 11.2. The zero-order valence-corrected chi connectivity index (χ0v) is 21.7. The highest BCUT2D eigenvalue weighted by Gasteiger charge is 2.28. The topological polar surface area (TPSA) is 49.4 Å². The Balaban J connectivity index is 1.68. The molecule has 8 heteroatoms. The number of carbonyl (C=O) groups excluding carboxylic acids is 2. The van der Waals surface area contributed by atoms with Crippen LogP contribution in [0.5, 0.6) is 0 Å². The van der Waals surface area contributed by atoms with Crippen molar-refractivity contribution >= 4 is 58.4 Å². The fraction of sp³-hybridized carbons (Fsp3) is 0.440. The average molecular weight is 528 g/mol. The van der Waals surface area contributed by atoms with Gasteiger partial charge in [0.05, 0.1) is 5.75 Å². The van der Waals surface area contributed by atoms with Gasteiger partial charge in [-0.2, -0.15) is 0 Å². The first-order chi connectivity index (χ1) is 15.8. The first-order valence-corrected chi connectivity index (χ1v) is 13.5. The van der Waals surface area contributed by atoms with Crippen molar-refractivity contribution in [1.82, 2.24) is 10.2 Å². The molecular formula is C25H29Cl3N2O2S. The minimum atomic E-state index is -0.595. The van der Waals surface area contributed by atoms with E-state index in [-0.39, 0.29) is 23.6 Å². The van der Waals surface area contributed by atoms with Crippen LogP contribution < -0.4 is 5.32 Å². The second kappa shape index (κ2) is 12.9. The van der Waals surface area contributed by atoms with E-state index in [9.17, 15) is 9.59 Å². The van der Waals surface area contributed by atoms with Crippen molar-refractivity contribution in [3.63, 3.8) is 0 Å². The van der Waals surface area contributed by atoms with Crippen LogP contribution in [0.25, 0.3) is 0 Å². The summed E-state index contributed by atoms with van der Waals surface area (Å²) in [5, 5.41) is 4.91. The molecule has 0 aromatic heterocycles. The molecule has 2 aromatic rings. The Kier molecular flexibility index (Phi) is 10.2. The number of rotatable bonds is 9. The molecule has 0 spiro atoms. The van der Waals surface area contributed by atoms with Gasteiger partial charge in [-0.05, 0) is 55.2 Å². The molecule has 33 heavy (non-hydrogen) atoms. The van der Waals surface area contributed by atoms with Crippen molar-refractivity contribution in [2.75, 3.05) is 5.75 Å². The summed E-state index contributed by atoms with van der Waals surface area (Å²) >= 11 is 20.1. The summed E-state index contributed by atoms with van der Waals surface area (Å²) < 4.78 is 0. The van der Waals surface area contributed by atoms with Crippen molar-refractivity contribution < 1.29 is 9.59 Å². The second-order valence-electron chi connectivity index (χ2n) is 8.36. The first kappa shape index (κ1) is 26.2. The molecule has 0 bridgehead atoms. The van der Waals surface area contributed by atoms with Gasteiger partial charge in [-0.25, -0.2) is 0 Å². The van der Waals surface area contributed by atoms with Gasteiger partial charge in [0.1, 0.15) is 6.04 Å². The normalized spacial score (nSPS) is 15.2. The maximum absolute atomic E-state index is 13.3. The minimum Gasteiger partial charge on any atom is -0.352 e. The van der Waals surface area contributed by atoms with E-state index in [0.29, 0.717) is 27.4 Å². The standard InChI is InChI=1S/C25H29Cl3N2O2S/c1-17(25(32)29-20-9-3-2-4-10-20)30(14-18-7-5-8-19(26)13-18)24(31)16-33-15-21-22(27)11-6-12-23(21)28/h5-8,11-13,17,20H,2-4,9-10,14-16H2,1H3,(H,29,32). The summed E-state index contributed by atoms with van der Waals surface area (Å²) in [6, 6.07) is 12.3. The highest BCUT2D eigenvalue weighted by atomic mass is 35.5. The molecule has 3 rings (SSSR count). The molecule has 178 valence electrons. The van der Waals surface area contributed by atoms with Crippen molar-refractivity contribution in [2.24, 2.45) is 0 Å². The van der Waals surface area contributed by atoms with Gasteiger partial charge in [0.25, 0.3) is 0 Å². The lowest BCUT2D eigenvalue weighted by Gasteiger charge is -2.31. The van der Waals surface area contributed by atoms with E-state index in [1.807, 2.05) is 18.2 Å². The number of benzene rings is 2. The van der Waals surface area contributed by atoms with Crippen LogP contribution in [0.4, 0.5) is 0 Å². The van der Waals surface area contributed by atoms with Crippen LogP contribution in [-0.4, -0.2) is 34.6 Å². The van der Waals surface area contributed by atoms with E-state index in [0.717, 1.165) is 36.8 Å². The van der Waals surface area contributed by atoms with Crippen molar-refractivity contribution in [3.05, 3.63) is 68.7 Å². The maximum atomic E-state index is 13.3. The van der Waals surface area contributed by atoms with Gasteiger partial charge in [-0.3, -0.25) is 9.59 Å². The Bertz CT molecular complexity index is 946. The van der Waals surface area contributed by atoms with Crippen LogP contribution in [0.2, 0.25) is 15.1 Å². The molecule has 1 fully saturated rings. The lowest BCUT2D eigenvalue weighted by atomic mass is 9.95. The molecule has 0 radical (unpaired) electrons. The highest BCUT2D eigenvalue weighted by Crippen LogP contribution is 2.28. The van der Waals surface area contributed by atoms with E-state index in [1.165, 1.54) is 18.2 Å². The average Bonchev–Trinajstić information content (AvgIpc) is 2.79. The van der Waals surface area contributed by atoms with E-state index in [4.69, 9.17) is 34.8 Å². The van der Waals surface area contributed by atoms with E-state index in [1.54, 1.807) is 36.1 Å². The van der Waals surface area contributed by atoms with Crippen LogP contribution in [0.1, 0.15) is 50.2 Å². The maximum Gasteiger partial charge on any atom is 0.242 e. The van der Waals surface area contributed by atoms with Crippen LogP contribution in [0.15, 0.2) is 42.5 Å². The molecule has 1 atom stereocenters. The molecule has 0 saturated heterocycles. The zero-order valence-electron chi connectivity index (χ0n) is 18.7. The Labute approximate surface area is 215 Å². The van der Waals surface area contributed by atoms with Gasteiger partial charge in [0.15, 0.2) is 0 Å². The number of nitrogens with one attached hydrogen (secondary N) is 1. The second-order valence-corrected chi connectivity index (χ2v) is 10.6. The monoisotopic (exact) mass is 526 g/mol. The summed E-state index contributed by atoms with van der Waals surface area (Å²) in [5.41, 5.74) is 1.69. The SMILES string of the molecule is CC(C(=O)NC1CCCCC1)N(Cc1cccc(Cl)c1)C(=O)CSCc1c(Cl)cccc1Cl. The summed E-state index contributed by atoms with van der Waals surface area (Å²) in [4.78, 5) is 27.9. The number of amides is 2. The summed E-state index contributed by atoms with van der Waals surface area (Å²) in [6.45, 7) is 2.10. The fourth-order valence-electron chi connectivity index (χ4n) is 3.98. The molecule has 0 heterocycles. The molecule has 1 N–H and O–H groups in total. The van der Waals surface area contributed by atoms with Gasteiger partial charge in [-0.15, -0.1) is 11.8 Å². The van der Waals surface area contributed by atoms with Gasteiger partial charge < -0.3 is 10.2 Å². The third-order valence-electron chi connectivity index (χ3n) is 5.89. The van der Waals surface area contributed by atoms with Crippen LogP contribution in [-0.2, 0) is 21.9 Å². The zero-order chi connectivity index (χ0) is 23.8. The van der Waals surface area contributed by atoms with E-state index >= 15 is 0 Å². The molecule has 2 amide bonds. The smallest absolute Gasteiger partial charge is 0.242 e. The number of nitrogens with zero attached hydrogens (tertiary/aromatic N) is 1. The number of halogens is 3. The summed E-state index contributed by atoms with van der Waals surface area (Å²) in [5.74, 6) is 0.493. The third-order valence-corrected chi connectivity index (χ3v) is 7.78. The quantitative estimate of drug-likeness (QED) is 0.392. The minimum absolute atomic E-state index is 0.114. The van der Waals surface area contributed by atoms with Gasteiger partial charge in [0, 0.05) is 33.4 Å². The molecular weight excluding hydrogens is 499 g/mol. The predicted molar refractivity (Wildman–Crippen MR) is 139 cm³/mol. The van der Waals surface area contributed by atoms with Gasteiger partial charge in [-0.1, -0.05) is 72.3 Å². The van der Waals surface area contributed by atoms with Gasteiger partial charge >= 0.3 is 0 Å². The Morgan fingerprint density at radius 1 is 1.06 bits per heavy atom. The molecule has 2 aromatic carbocycles. The number of hydrogen-bond donors (Lipinski definition) is 1. The van der Waals surface area contributed by atoms with Crippen molar-refractivity contribution in [3.8, 4) is 0 Å². The highest BCUT2D eigenvalue weighted by molar-refractivity contribution is 7.99. The third kappa shape index (κ3) is 7.81. The van der Waals surface area contributed by atoms with Crippen LogP contribution in [0, 0.1) is 0 Å². The largest absolute Gasteiger partial charge is 0.352 e. The molecule has 4 nitrogen and oxygen atoms in total. The van der Waals surface area contributed by atoms with Gasteiger partial charge in [0.2, 0.25) is 11.8 Å². The van der Waals surface area contributed by atoms with E-state index < -0.39 is 6.04 Å². The number of thioether (sulfide) groups is 1. The number of hydrogen-bond acceptors (Lipinski definition) is 3. The van der Waals surface area contributed by atoms with Crippen LogP contribution >= 0.6 is 46.6 Å².